The molecule has 1 amide bonds. The molecule has 1 saturated carbocycles. The van der Waals surface area contributed by atoms with Gasteiger partial charge in [0, 0.05) is 12.1 Å². The van der Waals surface area contributed by atoms with Gasteiger partial charge >= 0.3 is 0 Å². The molecule has 1 aliphatic rings. The molecule has 0 atom stereocenters. The van der Waals surface area contributed by atoms with Gasteiger partial charge in [0.15, 0.2) is 0 Å². The fourth-order valence-corrected chi connectivity index (χ4v) is 2.49. The summed E-state index contributed by atoms with van der Waals surface area (Å²) in [5, 5.41) is 0. The number of allylic oxidation sites excluding steroid dienone is 1. The maximum absolute atomic E-state index is 11.5. The van der Waals surface area contributed by atoms with Crippen LogP contribution in [0.15, 0.2) is 11.6 Å². The van der Waals surface area contributed by atoms with Crippen LogP contribution in [0.2, 0.25) is 0 Å². The first-order valence-corrected chi connectivity index (χ1v) is 6.90. The third-order valence-electron chi connectivity index (χ3n) is 3.69. The Bertz CT molecular complexity index is 263. The van der Waals surface area contributed by atoms with E-state index in [2.05, 4.69) is 24.8 Å². The van der Waals surface area contributed by atoms with Gasteiger partial charge in [-0.2, -0.15) is 0 Å². The molecule has 1 fully saturated rings. The zero-order valence-corrected chi connectivity index (χ0v) is 11.2. The molecule has 98 valence electrons. The molecule has 0 unspecified atom stereocenters. The minimum atomic E-state index is -0.248. The first-order chi connectivity index (χ1) is 8.17. The van der Waals surface area contributed by atoms with Crippen molar-refractivity contribution in [2.45, 2.75) is 46.0 Å². The van der Waals surface area contributed by atoms with Gasteiger partial charge in [0.05, 0.1) is 0 Å². The van der Waals surface area contributed by atoms with E-state index in [0.717, 1.165) is 18.7 Å². The molecule has 0 aliphatic heterocycles. The smallest absolute Gasteiger partial charge is 0.245 e. The summed E-state index contributed by atoms with van der Waals surface area (Å²) < 4.78 is 0. The summed E-state index contributed by atoms with van der Waals surface area (Å²) in [6.45, 7) is 6.86. The highest BCUT2D eigenvalue weighted by molar-refractivity contribution is 5.92. The van der Waals surface area contributed by atoms with Crippen LogP contribution in [0, 0.1) is 5.92 Å². The number of nitrogens with zero attached hydrogens (tertiary/aromatic N) is 1. The van der Waals surface area contributed by atoms with Gasteiger partial charge in [-0.05, 0) is 31.8 Å². The summed E-state index contributed by atoms with van der Waals surface area (Å²) in [6.07, 6.45) is 8.49. The summed E-state index contributed by atoms with van der Waals surface area (Å²) in [7, 11) is 0. The third kappa shape index (κ3) is 4.90. The number of nitrogens with two attached hydrogens (primary N) is 1. The van der Waals surface area contributed by atoms with Crippen molar-refractivity contribution in [2.24, 2.45) is 11.7 Å². The lowest BCUT2D eigenvalue weighted by Crippen LogP contribution is -2.30. The highest BCUT2D eigenvalue weighted by Crippen LogP contribution is 2.25. The van der Waals surface area contributed by atoms with Crippen LogP contribution in [0.3, 0.4) is 0 Å². The van der Waals surface area contributed by atoms with Crippen molar-refractivity contribution in [3.05, 3.63) is 11.6 Å². The molecule has 0 aromatic carbocycles. The Kier molecular flexibility index (Phi) is 6.27. The largest absolute Gasteiger partial charge is 0.366 e. The maximum Gasteiger partial charge on any atom is 0.245 e. The molecule has 0 radical (unpaired) electrons. The normalized spacial score (nSPS) is 18.6. The molecule has 0 saturated heterocycles. The van der Waals surface area contributed by atoms with Crippen LogP contribution in [0.5, 0.6) is 0 Å². The number of primary amides is 1. The second-order valence-corrected chi connectivity index (χ2v) is 4.92. The number of carbonyl (C=O) groups excluding carboxylic acids is 1. The van der Waals surface area contributed by atoms with Crippen LogP contribution < -0.4 is 5.73 Å². The zero-order chi connectivity index (χ0) is 12.7. The van der Waals surface area contributed by atoms with Gasteiger partial charge in [0.1, 0.15) is 0 Å². The molecule has 0 heterocycles. The molecule has 0 spiro atoms. The molecule has 1 aliphatic carbocycles. The van der Waals surface area contributed by atoms with E-state index in [-0.39, 0.29) is 5.91 Å². The van der Waals surface area contributed by atoms with Crippen molar-refractivity contribution < 1.29 is 4.79 Å². The summed E-state index contributed by atoms with van der Waals surface area (Å²) in [5.74, 6) is 0.323. The predicted molar refractivity (Wildman–Crippen MR) is 71.6 cm³/mol. The predicted octanol–water partition coefficient (Wildman–Crippen LogP) is 2.32. The average molecular weight is 238 g/mol. The zero-order valence-electron chi connectivity index (χ0n) is 11.2. The van der Waals surface area contributed by atoms with Crippen LogP contribution in [-0.4, -0.2) is 30.4 Å². The molecule has 2 N–H and O–H groups in total. The molecule has 0 bridgehead atoms. The number of hydrogen-bond acceptors (Lipinski definition) is 2. The first kappa shape index (κ1) is 14.2. The second-order valence-electron chi connectivity index (χ2n) is 4.92. The Morgan fingerprint density at radius 2 is 1.82 bits per heavy atom. The Hall–Kier alpha value is -0.830. The van der Waals surface area contributed by atoms with E-state index in [1.54, 1.807) is 0 Å². The van der Waals surface area contributed by atoms with Crippen LogP contribution in [0.25, 0.3) is 0 Å². The van der Waals surface area contributed by atoms with E-state index in [0.29, 0.717) is 12.5 Å². The van der Waals surface area contributed by atoms with Crippen molar-refractivity contribution in [3.8, 4) is 0 Å². The van der Waals surface area contributed by atoms with Crippen LogP contribution in [0.1, 0.15) is 46.0 Å². The lowest BCUT2D eigenvalue weighted by Gasteiger charge is -2.22. The molecule has 0 aromatic heterocycles. The second kappa shape index (κ2) is 7.49. The van der Waals surface area contributed by atoms with E-state index in [4.69, 9.17) is 5.73 Å². The van der Waals surface area contributed by atoms with Gasteiger partial charge in [-0.15, -0.1) is 0 Å². The molecular weight excluding hydrogens is 212 g/mol. The molecule has 1 rings (SSSR count). The van der Waals surface area contributed by atoms with Gasteiger partial charge in [-0.3, -0.25) is 9.69 Å². The number of amides is 1. The van der Waals surface area contributed by atoms with Crippen molar-refractivity contribution >= 4 is 5.91 Å². The Morgan fingerprint density at radius 3 is 2.29 bits per heavy atom. The summed E-state index contributed by atoms with van der Waals surface area (Å²) >= 11 is 0. The SMILES string of the molecule is CCN(CC)CC(=CC1CCCCC1)C(N)=O. The fraction of sp³-hybridized carbons (Fsp3) is 0.786. The van der Waals surface area contributed by atoms with Gasteiger partial charge in [-0.25, -0.2) is 0 Å². The van der Waals surface area contributed by atoms with Gasteiger partial charge in [-0.1, -0.05) is 39.2 Å². The Morgan fingerprint density at radius 1 is 1.24 bits per heavy atom. The van der Waals surface area contributed by atoms with Gasteiger partial charge in [0.2, 0.25) is 5.91 Å². The fourth-order valence-electron chi connectivity index (χ4n) is 2.49. The third-order valence-corrected chi connectivity index (χ3v) is 3.69. The van der Waals surface area contributed by atoms with Crippen molar-refractivity contribution in [2.75, 3.05) is 19.6 Å². The first-order valence-electron chi connectivity index (χ1n) is 6.90. The maximum atomic E-state index is 11.5. The molecule has 3 heteroatoms. The lowest BCUT2D eigenvalue weighted by atomic mass is 9.87. The van der Waals surface area contributed by atoms with E-state index < -0.39 is 0 Å². The summed E-state index contributed by atoms with van der Waals surface area (Å²) in [4.78, 5) is 13.7. The van der Waals surface area contributed by atoms with E-state index in [1.807, 2.05) is 0 Å². The van der Waals surface area contributed by atoms with Crippen LogP contribution in [0.4, 0.5) is 0 Å². The number of rotatable bonds is 6. The quantitative estimate of drug-likeness (QED) is 0.722. The number of carbonyl (C=O) groups is 1. The molecule has 3 nitrogen and oxygen atoms in total. The Balaban J connectivity index is 2.63. The number of likely N-dealkylation sites (N-methyl/N-ethyl adjacent to an activating group) is 1. The van der Waals surface area contributed by atoms with Crippen molar-refractivity contribution in [3.63, 3.8) is 0 Å². The van der Waals surface area contributed by atoms with E-state index in [1.165, 1.54) is 32.1 Å². The van der Waals surface area contributed by atoms with Gasteiger partial charge < -0.3 is 5.73 Å². The standard InChI is InChI=1S/C14H26N2O/c1-3-16(4-2)11-13(14(15)17)10-12-8-6-5-7-9-12/h10,12H,3-9,11H2,1-2H3,(H2,15,17). The van der Waals surface area contributed by atoms with Crippen LogP contribution >= 0.6 is 0 Å². The number of hydrogen-bond donors (Lipinski definition) is 1. The lowest BCUT2D eigenvalue weighted by molar-refractivity contribution is -0.114. The minimum absolute atomic E-state index is 0.248. The van der Waals surface area contributed by atoms with E-state index >= 15 is 0 Å². The molecular formula is C14H26N2O. The topological polar surface area (TPSA) is 46.3 Å². The minimum Gasteiger partial charge on any atom is -0.366 e. The van der Waals surface area contributed by atoms with Crippen LogP contribution in [-0.2, 0) is 4.79 Å². The van der Waals surface area contributed by atoms with Crippen molar-refractivity contribution in [1.82, 2.24) is 4.90 Å². The average Bonchev–Trinajstić information content (AvgIpc) is 2.35. The van der Waals surface area contributed by atoms with Crippen molar-refractivity contribution in [1.29, 1.82) is 0 Å². The summed E-state index contributed by atoms with van der Waals surface area (Å²) in [6, 6.07) is 0. The molecule has 0 aromatic rings. The van der Waals surface area contributed by atoms with Gasteiger partial charge in [0.25, 0.3) is 0 Å². The summed E-state index contributed by atoms with van der Waals surface area (Å²) in [5.41, 5.74) is 6.28. The monoisotopic (exact) mass is 238 g/mol. The highest BCUT2D eigenvalue weighted by Gasteiger charge is 2.15. The Labute approximate surface area is 105 Å². The highest BCUT2D eigenvalue weighted by atomic mass is 16.1. The molecule has 17 heavy (non-hydrogen) atoms. The van der Waals surface area contributed by atoms with E-state index in [9.17, 15) is 4.79 Å².